The second kappa shape index (κ2) is 10.1. The zero-order valence-corrected chi connectivity index (χ0v) is 16.1. The summed E-state index contributed by atoms with van der Waals surface area (Å²) in [5.41, 5.74) is 6.32. The fourth-order valence-corrected chi connectivity index (χ4v) is 2.59. The lowest BCUT2D eigenvalue weighted by Gasteiger charge is -2.31. The molecule has 0 radical (unpaired) electrons. The van der Waals surface area contributed by atoms with Gasteiger partial charge in [-0.2, -0.15) is 0 Å². The van der Waals surface area contributed by atoms with Crippen LogP contribution in [0.5, 0.6) is 0 Å². The Labute approximate surface area is 155 Å². The molecule has 0 aliphatic carbocycles. The molecule has 1 atom stereocenters. The molecule has 1 aromatic carbocycles. The third kappa shape index (κ3) is 7.39. The van der Waals surface area contributed by atoms with E-state index in [0.29, 0.717) is 19.5 Å². The molecule has 146 valence electrons. The minimum atomic E-state index is -0.591. The molecule has 26 heavy (non-hydrogen) atoms. The maximum atomic E-state index is 12.9. The first kappa shape index (κ1) is 21.9. The summed E-state index contributed by atoms with van der Waals surface area (Å²) in [5.74, 6) is -0.458. The third-order valence-corrected chi connectivity index (χ3v) is 4.14. The topological polar surface area (TPSA) is 87.5 Å². The second-order valence-electron chi connectivity index (χ2n) is 7.36. The van der Waals surface area contributed by atoms with Gasteiger partial charge in [0.15, 0.2) is 0 Å². The minimum absolute atomic E-state index is 0.134. The zero-order chi connectivity index (χ0) is 19.7. The van der Waals surface area contributed by atoms with E-state index in [1.54, 1.807) is 24.1 Å². The van der Waals surface area contributed by atoms with E-state index in [1.807, 2.05) is 20.8 Å². The van der Waals surface area contributed by atoms with Crippen LogP contribution in [0.25, 0.3) is 0 Å². The van der Waals surface area contributed by atoms with Gasteiger partial charge in [0, 0.05) is 20.1 Å². The van der Waals surface area contributed by atoms with Crippen molar-refractivity contribution in [3.63, 3.8) is 0 Å². The number of hydrogen-bond donors (Lipinski definition) is 3. The Morgan fingerprint density at radius 1 is 1.27 bits per heavy atom. The van der Waals surface area contributed by atoms with E-state index < -0.39 is 12.1 Å². The van der Waals surface area contributed by atoms with E-state index in [1.165, 1.54) is 12.1 Å². The number of rotatable bonds is 9. The minimum Gasteiger partial charge on any atom is -0.343 e. The summed E-state index contributed by atoms with van der Waals surface area (Å²) >= 11 is 0. The number of hydrogen-bond acceptors (Lipinski definition) is 3. The van der Waals surface area contributed by atoms with Gasteiger partial charge in [-0.1, -0.05) is 39.3 Å². The van der Waals surface area contributed by atoms with E-state index in [2.05, 4.69) is 10.6 Å². The van der Waals surface area contributed by atoms with Gasteiger partial charge in [0.05, 0.1) is 0 Å². The molecule has 1 aromatic rings. The SMILES string of the molecule is CCCC(NC(=O)NCc1ccc(F)cc1)C(=O)N(C)CC(C)(C)CN. The van der Waals surface area contributed by atoms with Gasteiger partial charge in [-0.05, 0) is 36.1 Å². The third-order valence-electron chi connectivity index (χ3n) is 4.14. The lowest BCUT2D eigenvalue weighted by atomic mass is 9.93. The summed E-state index contributed by atoms with van der Waals surface area (Å²) in [7, 11) is 1.72. The van der Waals surface area contributed by atoms with Crippen molar-refractivity contribution >= 4 is 11.9 Å². The van der Waals surface area contributed by atoms with E-state index >= 15 is 0 Å². The Hall–Kier alpha value is -2.15. The molecule has 0 heterocycles. The number of likely N-dealkylation sites (N-methyl/N-ethyl adjacent to an activating group) is 1. The van der Waals surface area contributed by atoms with Crippen molar-refractivity contribution in [2.45, 2.75) is 46.2 Å². The number of urea groups is 1. The fourth-order valence-electron chi connectivity index (χ4n) is 2.59. The predicted molar refractivity (Wildman–Crippen MR) is 101 cm³/mol. The van der Waals surface area contributed by atoms with Crippen LogP contribution in [0.15, 0.2) is 24.3 Å². The van der Waals surface area contributed by atoms with Crippen LogP contribution in [0.2, 0.25) is 0 Å². The first-order valence-electron chi connectivity index (χ1n) is 8.92. The highest BCUT2D eigenvalue weighted by Gasteiger charge is 2.27. The van der Waals surface area contributed by atoms with Crippen molar-refractivity contribution in [1.82, 2.24) is 15.5 Å². The standard InChI is InChI=1S/C19H31FN4O2/c1-5-6-16(17(25)24(4)13-19(2,3)12-21)23-18(26)22-11-14-7-9-15(20)10-8-14/h7-10,16H,5-6,11-13,21H2,1-4H3,(H2,22,23,26). The van der Waals surface area contributed by atoms with Crippen molar-refractivity contribution in [2.75, 3.05) is 20.1 Å². The second-order valence-corrected chi connectivity index (χ2v) is 7.36. The molecule has 3 amide bonds. The molecule has 0 spiro atoms. The monoisotopic (exact) mass is 366 g/mol. The molecule has 1 rings (SSSR count). The molecule has 4 N–H and O–H groups in total. The maximum Gasteiger partial charge on any atom is 0.315 e. The van der Waals surface area contributed by atoms with E-state index in [9.17, 15) is 14.0 Å². The van der Waals surface area contributed by atoms with Gasteiger partial charge in [0.2, 0.25) is 5.91 Å². The summed E-state index contributed by atoms with van der Waals surface area (Å²) in [6.07, 6.45) is 1.32. The predicted octanol–water partition coefficient (Wildman–Crippen LogP) is 2.24. The first-order chi connectivity index (χ1) is 12.2. The number of amides is 3. The molecular weight excluding hydrogens is 335 g/mol. The van der Waals surface area contributed by atoms with Crippen LogP contribution in [0, 0.1) is 11.2 Å². The highest BCUT2D eigenvalue weighted by Crippen LogP contribution is 2.15. The van der Waals surface area contributed by atoms with Crippen LogP contribution in [0.1, 0.15) is 39.2 Å². The number of carbonyl (C=O) groups is 2. The average Bonchev–Trinajstić information content (AvgIpc) is 2.60. The highest BCUT2D eigenvalue weighted by atomic mass is 19.1. The van der Waals surface area contributed by atoms with Crippen molar-refractivity contribution < 1.29 is 14.0 Å². The molecule has 1 unspecified atom stereocenters. The van der Waals surface area contributed by atoms with Gasteiger partial charge in [-0.15, -0.1) is 0 Å². The number of halogens is 1. The summed E-state index contributed by atoms with van der Waals surface area (Å²) in [5, 5.41) is 5.43. The summed E-state index contributed by atoms with van der Waals surface area (Å²) in [6, 6.07) is 4.87. The Balaban J connectivity index is 2.60. The van der Waals surface area contributed by atoms with Gasteiger partial charge in [-0.3, -0.25) is 4.79 Å². The van der Waals surface area contributed by atoms with Crippen LogP contribution in [0.4, 0.5) is 9.18 Å². The molecule has 0 saturated heterocycles. The van der Waals surface area contributed by atoms with Crippen LogP contribution in [-0.4, -0.2) is 43.0 Å². The number of nitrogens with one attached hydrogen (secondary N) is 2. The van der Waals surface area contributed by atoms with Crippen LogP contribution in [0.3, 0.4) is 0 Å². The molecular formula is C19H31FN4O2. The van der Waals surface area contributed by atoms with Crippen molar-refractivity contribution in [2.24, 2.45) is 11.1 Å². The van der Waals surface area contributed by atoms with Crippen LogP contribution < -0.4 is 16.4 Å². The Morgan fingerprint density at radius 3 is 2.42 bits per heavy atom. The Kier molecular flexibility index (Phi) is 8.51. The van der Waals surface area contributed by atoms with E-state index in [4.69, 9.17) is 5.73 Å². The lowest BCUT2D eigenvalue weighted by Crippen LogP contribution is -2.52. The summed E-state index contributed by atoms with van der Waals surface area (Å²) in [4.78, 5) is 26.4. The van der Waals surface area contributed by atoms with Gasteiger partial charge in [0.25, 0.3) is 0 Å². The number of nitrogens with zero attached hydrogens (tertiary/aromatic N) is 1. The molecule has 0 bridgehead atoms. The largest absolute Gasteiger partial charge is 0.343 e. The maximum absolute atomic E-state index is 12.9. The van der Waals surface area contributed by atoms with Crippen molar-refractivity contribution in [3.05, 3.63) is 35.6 Å². The molecule has 7 heteroatoms. The average molecular weight is 366 g/mol. The first-order valence-corrected chi connectivity index (χ1v) is 8.92. The molecule has 0 aliphatic rings. The van der Waals surface area contributed by atoms with E-state index in [-0.39, 0.29) is 23.7 Å². The van der Waals surface area contributed by atoms with Crippen LogP contribution in [-0.2, 0) is 11.3 Å². The molecule has 0 saturated carbocycles. The molecule has 0 aliphatic heterocycles. The zero-order valence-electron chi connectivity index (χ0n) is 16.1. The quantitative estimate of drug-likeness (QED) is 0.626. The molecule has 6 nitrogen and oxygen atoms in total. The highest BCUT2D eigenvalue weighted by molar-refractivity contribution is 5.86. The van der Waals surface area contributed by atoms with Crippen molar-refractivity contribution in [1.29, 1.82) is 0 Å². The van der Waals surface area contributed by atoms with Gasteiger partial charge in [-0.25, -0.2) is 9.18 Å². The van der Waals surface area contributed by atoms with Gasteiger partial charge >= 0.3 is 6.03 Å². The number of nitrogens with two attached hydrogens (primary N) is 1. The smallest absolute Gasteiger partial charge is 0.315 e. The molecule has 0 aromatic heterocycles. The summed E-state index contributed by atoms with van der Waals surface area (Å²) in [6.45, 7) is 7.19. The fraction of sp³-hybridized carbons (Fsp3) is 0.579. The van der Waals surface area contributed by atoms with Gasteiger partial charge < -0.3 is 21.3 Å². The van der Waals surface area contributed by atoms with Gasteiger partial charge in [0.1, 0.15) is 11.9 Å². The Morgan fingerprint density at radius 2 is 1.88 bits per heavy atom. The number of benzene rings is 1. The summed E-state index contributed by atoms with van der Waals surface area (Å²) < 4.78 is 12.9. The Bertz CT molecular complexity index is 590. The lowest BCUT2D eigenvalue weighted by molar-refractivity contribution is -0.133. The number of carbonyl (C=O) groups excluding carboxylic acids is 2. The van der Waals surface area contributed by atoms with E-state index in [0.717, 1.165) is 12.0 Å². The normalized spacial score (nSPS) is 12.4. The van der Waals surface area contributed by atoms with Crippen LogP contribution >= 0.6 is 0 Å². The molecule has 0 fully saturated rings. The van der Waals surface area contributed by atoms with Crippen molar-refractivity contribution in [3.8, 4) is 0 Å².